The molecule has 1 saturated heterocycles. The van der Waals surface area contributed by atoms with Gasteiger partial charge in [-0.25, -0.2) is 13.8 Å². The number of hydrogen-bond acceptors (Lipinski definition) is 6. The Kier molecular flexibility index (Phi) is 5.88. The van der Waals surface area contributed by atoms with Crippen LogP contribution in [0.25, 0.3) is 17.1 Å². The summed E-state index contributed by atoms with van der Waals surface area (Å²) in [4.78, 5) is 19.8. The van der Waals surface area contributed by atoms with E-state index in [-0.39, 0.29) is 28.8 Å². The minimum atomic E-state index is -0.725. The van der Waals surface area contributed by atoms with Gasteiger partial charge in [-0.2, -0.15) is 5.26 Å². The van der Waals surface area contributed by atoms with Gasteiger partial charge < -0.3 is 16.0 Å². The molecular formula is C23H22F2N6O. The van der Waals surface area contributed by atoms with Crippen molar-refractivity contribution in [2.45, 2.75) is 18.9 Å². The van der Waals surface area contributed by atoms with Crippen LogP contribution in [0.1, 0.15) is 18.4 Å². The lowest BCUT2D eigenvalue weighted by molar-refractivity contribution is 0.498. The number of halogens is 2. The highest BCUT2D eigenvalue weighted by molar-refractivity contribution is 5.63. The molecule has 3 aromatic rings. The first-order chi connectivity index (χ1) is 15.4. The Hall–Kier alpha value is -3.77. The van der Waals surface area contributed by atoms with E-state index in [0.29, 0.717) is 24.5 Å². The molecule has 3 N–H and O–H groups in total. The Bertz CT molecular complexity index is 1260. The monoisotopic (exact) mass is 436 g/mol. The maximum atomic E-state index is 14.5. The summed E-state index contributed by atoms with van der Waals surface area (Å²) in [5, 5.41) is 11.8. The third-order valence-electron chi connectivity index (χ3n) is 5.60. The van der Waals surface area contributed by atoms with Crippen molar-refractivity contribution < 1.29 is 8.78 Å². The summed E-state index contributed by atoms with van der Waals surface area (Å²) in [6.45, 7) is 1.29. The van der Waals surface area contributed by atoms with Crippen LogP contribution in [0.4, 0.5) is 20.3 Å². The SMILES string of the molecule is CNc1ccc(-n2c(-c3ccc(C#N)c(F)c3)nc(N3CCC(N)CC3)cc2=O)cc1F. The van der Waals surface area contributed by atoms with E-state index in [1.807, 2.05) is 4.90 Å². The van der Waals surface area contributed by atoms with Gasteiger partial charge in [-0.15, -0.1) is 0 Å². The van der Waals surface area contributed by atoms with E-state index in [2.05, 4.69) is 10.3 Å². The van der Waals surface area contributed by atoms with Crippen LogP contribution in [0.15, 0.2) is 47.3 Å². The van der Waals surface area contributed by atoms with Crippen LogP contribution in [-0.2, 0) is 0 Å². The number of nitrogens with two attached hydrogens (primary N) is 1. The van der Waals surface area contributed by atoms with Crippen molar-refractivity contribution in [2.75, 3.05) is 30.4 Å². The zero-order chi connectivity index (χ0) is 22.8. The largest absolute Gasteiger partial charge is 0.386 e. The summed E-state index contributed by atoms with van der Waals surface area (Å²) in [6.07, 6.45) is 1.53. The summed E-state index contributed by atoms with van der Waals surface area (Å²) in [5.74, 6) is -0.660. The van der Waals surface area contributed by atoms with Gasteiger partial charge in [0.2, 0.25) is 0 Å². The molecule has 1 fully saturated rings. The van der Waals surface area contributed by atoms with E-state index < -0.39 is 17.2 Å². The molecule has 32 heavy (non-hydrogen) atoms. The van der Waals surface area contributed by atoms with Crippen LogP contribution in [-0.4, -0.2) is 35.7 Å². The fourth-order valence-electron chi connectivity index (χ4n) is 3.79. The van der Waals surface area contributed by atoms with Gasteiger partial charge in [-0.3, -0.25) is 9.36 Å². The van der Waals surface area contributed by atoms with E-state index in [4.69, 9.17) is 11.0 Å². The molecule has 0 atom stereocenters. The van der Waals surface area contributed by atoms with Crippen LogP contribution >= 0.6 is 0 Å². The molecule has 9 heteroatoms. The van der Waals surface area contributed by atoms with Gasteiger partial charge in [0, 0.05) is 43.9 Å². The molecule has 2 heterocycles. The van der Waals surface area contributed by atoms with E-state index in [1.165, 1.54) is 34.9 Å². The fourth-order valence-corrected chi connectivity index (χ4v) is 3.79. The predicted octanol–water partition coefficient (Wildman–Crippen LogP) is 3.02. The highest BCUT2D eigenvalue weighted by atomic mass is 19.1. The second kappa shape index (κ2) is 8.77. The molecule has 164 valence electrons. The van der Waals surface area contributed by atoms with Gasteiger partial charge >= 0.3 is 0 Å². The Morgan fingerprint density at radius 1 is 1.12 bits per heavy atom. The Morgan fingerprint density at radius 3 is 2.50 bits per heavy atom. The van der Waals surface area contributed by atoms with Crippen molar-refractivity contribution >= 4 is 11.5 Å². The molecule has 4 rings (SSSR count). The minimum absolute atomic E-state index is 0.104. The van der Waals surface area contributed by atoms with Gasteiger partial charge in [0.25, 0.3) is 5.56 Å². The molecule has 0 unspecified atom stereocenters. The Balaban J connectivity index is 1.91. The van der Waals surface area contributed by atoms with Gasteiger partial charge in [-0.1, -0.05) is 0 Å². The van der Waals surface area contributed by atoms with E-state index in [0.717, 1.165) is 18.9 Å². The average molecular weight is 436 g/mol. The number of rotatable bonds is 4. The number of nitriles is 1. The number of hydrogen-bond donors (Lipinski definition) is 2. The zero-order valence-corrected chi connectivity index (χ0v) is 17.5. The van der Waals surface area contributed by atoms with Crippen molar-refractivity contribution in [2.24, 2.45) is 5.73 Å². The number of nitrogens with one attached hydrogen (secondary N) is 1. The van der Waals surface area contributed by atoms with E-state index in [1.54, 1.807) is 19.2 Å². The van der Waals surface area contributed by atoms with Crippen LogP contribution in [0.3, 0.4) is 0 Å². The molecule has 0 bridgehead atoms. The highest BCUT2D eigenvalue weighted by Gasteiger charge is 2.21. The summed E-state index contributed by atoms with van der Waals surface area (Å²) in [6, 6.07) is 11.6. The molecule has 0 amide bonds. The smallest absolute Gasteiger partial charge is 0.260 e. The number of anilines is 2. The van der Waals surface area contributed by atoms with Crippen molar-refractivity contribution in [1.29, 1.82) is 5.26 Å². The summed E-state index contributed by atoms with van der Waals surface area (Å²) in [5.41, 5.74) is 6.27. The predicted molar refractivity (Wildman–Crippen MR) is 119 cm³/mol. The molecular weight excluding hydrogens is 414 g/mol. The van der Waals surface area contributed by atoms with Gasteiger partial charge in [0.05, 0.1) is 16.9 Å². The molecule has 1 aliphatic heterocycles. The van der Waals surface area contributed by atoms with Crippen molar-refractivity contribution in [3.8, 4) is 23.1 Å². The maximum Gasteiger partial charge on any atom is 0.260 e. The van der Waals surface area contributed by atoms with Crippen LogP contribution in [0.2, 0.25) is 0 Å². The number of benzene rings is 2. The molecule has 7 nitrogen and oxygen atoms in total. The molecule has 0 aliphatic carbocycles. The van der Waals surface area contributed by atoms with Crippen molar-refractivity contribution in [1.82, 2.24) is 9.55 Å². The van der Waals surface area contributed by atoms with Gasteiger partial charge in [0.1, 0.15) is 29.3 Å². The average Bonchev–Trinajstić information content (AvgIpc) is 2.79. The third kappa shape index (κ3) is 4.05. The summed E-state index contributed by atoms with van der Waals surface area (Å²) < 4.78 is 30.1. The van der Waals surface area contributed by atoms with Crippen LogP contribution in [0, 0.1) is 23.0 Å². The number of aromatic nitrogens is 2. The molecule has 1 aromatic heterocycles. The lowest BCUT2D eigenvalue weighted by Gasteiger charge is -2.31. The topological polar surface area (TPSA) is 100.0 Å². The summed E-state index contributed by atoms with van der Waals surface area (Å²) >= 11 is 0. The fraction of sp³-hybridized carbons (Fsp3) is 0.261. The first-order valence-electron chi connectivity index (χ1n) is 10.2. The zero-order valence-electron chi connectivity index (χ0n) is 17.5. The van der Waals surface area contributed by atoms with Gasteiger partial charge in [-0.05, 0) is 43.2 Å². The molecule has 0 spiro atoms. The second-order valence-corrected chi connectivity index (χ2v) is 7.66. The summed E-state index contributed by atoms with van der Waals surface area (Å²) in [7, 11) is 1.59. The lowest BCUT2D eigenvalue weighted by Crippen LogP contribution is -2.40. The first kappa shape index (κ1) is 21.5. The normalized spacial score (nSPS) is 14.3. The quantitative estimate of drug-likeness (QED) is 0.652. The van der Waals surface area contributed by atoms with Gasteiger partial charge in [0.15, 0.2) is 0 Å². The second-order valence-electron chi connectivity index (χ2n) is 7.66. The molecule has 1 aliphatic rings. The number of nitrogens with zero attached hydrogens (tertiary/aromatic N) is 4. The maximum absolute atomic E-state index is 14.5. The minimum Gasteiger partial charge on any atom is -0.386 e. The molecule has 2 aromatic carbocycles. The number of piperidine rings is 1. The standard InChI is InChI=1S/C23H22F2N6O/c1-28-20-5-4-17(11-19(20)25)31-22(32)12-21(30-8-6-16(27)7-9-30)29-23(31)14-2-3-15(13-26)18(24)10-14/h2-5,10-12,16,28H,6-9,27H2,1H3. The van der Waals surface area contributed by atoms with Crippen molar-refractivity contribution in [3.63, 3.8) is 0 Å². The van der Waals surface area contributed by atoms with Crippen molar-refractivity contribution in [3.05, 3.63) is 70.0 Å². The first-order valence-corrected chi connectivity index (χ1v) is 10.2. The third-order valence-corrected chi connectivity index (χ3v) is 5.60. The van der Waals surface area contributed by atoms with E-state index in [9.17, 15) is 13.6 Å². The van der Waals surface area contributed by atoms with E-state index >= 15 is 0 Å². The Morgan fingerprint density at radius 2 is 1.88 bits per heavy atom. The molecule has 0 saturated carbocycles. The lowest BCUT2D eigenvalue weighted by atomic mass is 10.1. The van der Waals surface area contributed by atoms with Crippen LogP contribution < -0.4 is 21.5 Å². The Labute approximate surface area is 183 Å². The highest BCUT2D eigenvalue weighted by Crippen LogP contribution is 2.26. The molecule has 0 radical (unpaired) electrons. The van der Waals surface area contributed by atoms with Crippen LogP contribution in [0.5, 0.6) is 0 Å².